The Balaban J connectivity index is 1.46. The van der Waals surface area contributed by atoms with E-state index in [-0.39, 0.29) is 47.3 Å². The Morgan fingerprint density at radius 2 is 1.32 bits per heavy atom. The maximum absolute atomic E-state index is 10.6. The van der Waals surface area contributed by atoms with E-state index in [1.54, 1.807) is 0 Å². The number of rotatable bonds is 12. The van der Waals surface area contributed by atoms with Crippen molar-refractivity contribution >= 4 is 8.32 Å². The average Bonchev–Trinajstić information content (AvgIpc) is 3.66. The van der Waals surface area contributed by atoms with Crippen LogP contribution in [0.1, 0.15) is 147 Å². The first kappa shape index (κ1) is 36.6. The van der Waals surface area contributed by atoms with Crippen molar-refractivity contribution in [2.45, 2.75) is 222 Å². The van der Waals surface area contributed by atoms with Gasteiger partial charge >= 0.3 is 0 Å². The molecule has 0 aromatic carbocycles. The molecule has 0 aromatic rings. The van der Waals surface area contributed by atoms with E-state index >= 15 is 0 Å². The molecule has 0 spiro atoms. The van der Waals surface area contributed by atoms with Crippen LogP contribution in [-0.2, 0) is 23.4 Å². The molecule has 44 heavy (non-hydrogen) atoms. The zero-order valence-corrected chi connectivity index (χ0v) is 31.5. The van der Waals surface area contributed by atoms with Crippen molar-refractivity contribution in [1.82, 2.24) is 0 Å². The summed E-state index contributed by atoms with van der Waals surface area (Å²) in [5, 5.41) is 10.6. The lowest BCUT2D eigenvalue weighted by Crippen LogP contribution is -2.62. The summed E-state index contributed by atoms with van der Waals surface area (Å²) in [7, 11) is -2.08. The van der Waals surface area contributed by atoms with Gasteiger partial charge in [0, 0.05) is 0 Å². The highest BCUT2D eigenvalue weighted by Crippen LogP contribution is 2.52. The van der Waals surface area contributed by atoms with Gasteiger partial charge in [-0.2, -0.15) is 0 Å². The average molecular weight is 637 g/mol. The van der Waals surface area contributed by atoms with Crippen molar-refractivity contribution in [3.8, 4) is 0 Å². The molecule has 4 saturated heterocycles. The van der Waals surface area contributed by atoms with Crippen LogP contribution in [0.25, 0.3) is 0 Å². The van der Waals surface area contributed by atoms with Crippen molar-refractivity contribution < 1.29 is 28.5 Å². The van der Waals surface area contributed by atoms with Gasteiger partial charge in [0.1, 0.15) is 0 Å². The number of hydrogen-bond donors (Lipinski definition) is 1. The second kappa shape index (κ2) is 13.0. The monoisotopic (exact) mass is 636 g/mol. The van der Waals surface area contributed by atoms with E-state index in [9.17, 15) is 5.11 Å². The van der Waals surface area contributed by atoms with Gasteiger partial charge in [0.25, 0.3) is 0 Å². The third-order valence-electron chi connectivity index (χ3n) is 12.4. The highest BCUT2D eigenvalue weighted by atomic mass is 28.4. The van der Waals surface area contributed by atoms with Crippen molar-refractivity contribution in [3.05, 3.63) is 12.7 Å². The number of aliphatic hydroxyl groups is 1. The van der Waals surface area contributed by atoms with Gasteiger partial charge in [-0.1, -0.05) is 47.6 Å². The molecular formula is C37H68O6Si. The molecule has 0 radical (unpaired) electrons. The normalized spacial score (nSPS) is 42.2. The summed E-state index contributed by atoms with van der Waals surface area (Å²) in [6, 6.07) is 0. The van der Waals surface area contributed by atoms with Crippen LogP contribution in [0.4, 0.5) is 0 Å². The maximum atomic E-state index is 10.6. The Kier molecular flexibility index (Phi) is 10.8. The highest BCUT2D eigenvalue weighted by Gasteiger charge is 2.59. The van der Waals surface area contributed by atoms with Crippen LogP contribution >= 0.6 is 0 Å². The van der Waals surface area contributed by atoms with Crippen molar-refractivity contribution in [1.29, 1.82) is 0 Å². The minimum Gasteiger partial charge on any atom is -0.410 e. The zero-order valence-electron chi connectivity index (χ0n) is 30.5. The van der Waals surface area contributed by atoms with Crippen molar-refractivity contribution in [2.75, 3.05) is 0 Å². The standard InChI is InChI=1S/C37H68O6Si/c1-14-15-21-36(12)32(42-44(25(2)3,26(4)5)27(6)7)20-24-37(13,43-36)30-17-16-29(39-30)34(10)23-19-31(41-34)35(11)22-18-28(40-35)33(8,9)38/h14,25-32,38H,1,15-24H2,2-13H3/t28-,29-,30-,31-,32-,34+,35+,36+,37+/m0/s1. The molecule has 4 heterocycles. The van der Waals surface area contributed by atoms with Gasteiger partial charge < -0.3 is 28.5 Å². The molecule has 0 saturated carbocycles. The summed E-state index contributed by atoms with van der Waals surface area (Å²) < 4.78 is 35.1. The minimum absolute atomic E-state index is 0.0106. The van der Waals surface area contributed by atoms with E-state index in [1.165, 1.54) is 0 Å². The molecule has 1 N–H and O–H groups in total. The SMILES string of the molecule is C=CCC[C@@]1(C)O[C@@](C)([C@@H]2CC[C@@H]([C@@]3(C)CC[C@@H]([C@@]4(C)CC[C@@H](C(C)(C)O)O4)O3)O2)CC[C@@H]1O[Si](C(C)C)(C(C)C)C(C)C. The lowest BCUT2D eigenvalue weighted by Gasteiger charge is -2.55. The fraction of sp³-hybridized carbons (Fsp3) is 0.946. The van der Waals surface area contributed by atoms with Crippen LogP contribution in [0.15, 0.2) is 12.7 Å². The maximum Gasteiger partial charge on any atom is 0.200 e. The minimum atomic E-state index is -2.08. The second-order valence-corrected chi connectivity index (χ2v) is 22.7. The smallest absolute Gasteiger partial charge is 0.200 e. The molecule has 0 aromatic heterocycles. The quantitative estimate of drug-likeness (QED) is 0.170. The largest absolute Gasteiger partial charge is 0.410 e. The van der Waals surface area contributed by atoms with Crippen LogP contribution < -0.4 is 0 Å². The number of hydrogen-bond acceptors (Lipinski definition) is 6. The lowest BCUT2D eigenvalue weighted by atomic mass is 9.79. The third kappa shape index (κ3) is 6.82. The van der Waals surface area contributed by atoms with Crippen molar-refractivity contribution in [3.63, 3.8) is 0 Å². The first-order chi connectivity index (χ1) is 20.2. The van der Waals surface area contributed by atoms with E-state index in [0.717, 1.165) is 64.2 Å². The van der Waals surface area contributed by atoms with E-state index in [0.29, 0.717) is 16.6 Å². The van der Waals surface area contributed by atoms with Gasteiger partial charge in [-0.05, 0) is 122 Å². The van der Waals surface area contributed by atoms with E-state index in [2.05, 4.69) is 75.8 Å². The molecule has 0 aliphatic carbocycles. The zero-order chi connectivity index (χ0) is 32.9. The number of ether oxygens (including phenoxy) is 4. The van der Waals surface area contributed by atoms with Crippen LogP contribution in [-0.4, -0.2) is 71.9 Å². The molecule has 4 rings (SSSR count). The Hall–Kier alpha value is -0.283. The summed E-state index contributed by atoms with van der Waals surface area (Å²) in [6.45, 7) is 30.9. The molecule has 4 aliphatic heterocycles. The van der Waals surface area contributed by atoms with Gasteiger partial charge in [-0.15, -0.1) is 6.58 Å². The van der Waals surface area contributed by atoms with Crippen LogP contribution in [0.3, 0.4) is 0 Å². The molecule has 256 valence electrons. The molecular weight excluding hydrogens is 568 g/mol. The van der Waals surface area contributed by atoms with Gasteiger partial charge in [-0.3, -0.25) is 0 Å². The summed E-state index contributed by atoms with van der Waals surface area (Å²) in [5.41, 5.74) is -0.740. The van der Waals surface area contributed by atoms with E-state index in [1.807, 2.05) is 19.9 Å². The molecule has 4 fully saturated rings. The Morgan fingerprint density at radius 3 is 1.84 bits per heavy atom. The predicted molar refractivity (Wildman–Crippen MR) is 182 cm³/mol. The van der Waals surface area contributed by atoms with Crippen LogP contribution in [0.2, 0.25) is 16.6 Å². The third-order valence-corrected chi connectivity index (χ3v) is 18.5. The fourth-order valence-electron chi connectivity index (χ4n) is 9.70. The fourth-order valence-corrected chi connectivity index (χ4v) is 15.4. The lowest BCUT2D eigenvalue weighted by molar-refractivity contribution is -0.263. The van der Waals surface area contributed by atoms with Gasteiger partial charge in [0.2, 0.25) is 8.32 Å². The Morgan fingerprint density at radius 1 is 0.795 bits per heavy atom. The summed E-state index contributed by atoms with van der Waals surface area (Å²) >= 11 is 0. The van der Waals surface area contributed by atoms with Crippen LogP contribution in [0, 0.1) is 0 Å². The van der Waals surface area contributed by atoms with E-state index in [4.69, 9.17) is 23.4 Å². The first-order valence-electron chi connectivity index (χ1n) is 18.0. The molecule has 0 unspecified atom stereocenters. The van der Waals surface area contributed by atoms with Gasteiger partial charge in [0.15, 0.2) is 0 Å². The molecule has 9 atom stereocenters. The first-order valence-corrected chi connectivity index (χ1v) is 20.1. The van der Waals surface area contributed by atoms with Crippen molar-refractivity contribution in [2.24, 2.45) is 0 Å². The summed E-state index contributed by atoms with van der Waals surface area (Å²) in [6.07, 6.45) is 11.4. The van der Waals surface area contributed by atoms with E-state index < -0.39 is 19.5 Å². The molecule has 7 heteroatoms. The van der Waals surface area contributed by atoms with Gasteiger partial charge in [0.05, 0.1) is 58.5 Å². The highest BCUT2D eigenvalue weighted by molar-refractivity contribution is 6.77. The Bertz CT molecular complexity index is 971. The second-order valence-electron chi connectivity index (χ2n) is 17.3. The molecule has 6 nitrogen and oxygen atoms in total. The molecule has 0 amide bonds. The predicted octanol–water partition coefficient (Wildman–Crippen LogP) is 9.04. The summed E-state index contributed by atoms with van der Waals surface area (Å²) in [5.74, 6) is 0. The number of allylic oxidation sites excluding steroid dienone is 1. The summed E-state index contributed by atoms with van der Waals surface area (Å²) in [4.78, 5) is 0. The van der Waals surface area contributed by atoms with Gasteiger partial charge in [-0.25, -0.2) is 0 Å². The topological polar surface area (TPSA) is 66.4 Å². The van der Waals surface area contributed by atoms with Crippen LogP contribution in [0.5, 0.6) is 0 Å². The molecule has 0 bridgehead atoms. The Labute approximate surface area is 271 Å². The molecule has 4 aliphatic rings.